The molecule has 3 aromatic rings. The first-order valence-electron chi connectivity index (χ1n) is 9.65. The van der Waals surface area contributed by atoms with Crippen molar-refractivity contribution in [1.82, 2.24) is 24.5 Å². The molecule has 1 fully saturated rings. The number of fused-ring (bicyclic) bond motifs is 1. The second kappa shape index (κ2) is 7.94. The van der Waals surface area contributed by atoms with Crippen molar-refractivity contribution in [2.75, 3.05) is 38.2 Å². The second-order valence-electron chi connectivity index (χ2n) is 7.07. The molecule has 1 amide bonds. The molecule has 1 N–H and O–H groups in total. The van der Waals surface area contributed by atoms with Crippen LogP contribution in [0, 0.1) is 6.92 Å². The molecule has 1 saturated heterocycles. The highest BCUT2D eigenvalue weighted by molar-refractivity contribution is 5.76. The molecule has 9 nitrogen and oxygen atoms in total. The number of amides is 1. The van der Waals surface area contributed by atoms with Crippen LogP contribution in [0.25, 0.3) is 5.78 Å². The van der Waals surface area contributed by atoms with Gasteiger partial charge in [-0.3, -0.25) is 14.7 Å². The van der Waals surface area contributed by atoms with Gasteiger partial charge in [0.25, 0.3) is 11.3 Å². The summed E-state index contributed by atoms with van der Waals surface area (Å²) < 4.78 is 6.51. The Hall–Kier alpha value is -3.36. The number of rotatable bonds is 5. The van der Waals surface area contributed by atoms with Gasteiger partial charge in [0, 0.05) is 43.9 Å². The van der Waals surface area contributed by atoms with E-state index < -0.39 is 0 Å². The number of carbonyl (C=O) groups is 1. The van der Waals surface area contributed by atoms with Crippen LogP contribution >= 0.6 is 0 Å². The fourth-order valence-electron chi connectivity index (χ4n) is 3.68. The first-order chi connectivity index (χ1) is 14.1. The number of nitrogens with one attached hydrogen (secondary N) is 1. The number of anilines is 1. The van der Waals surface area contributed by atoms with E-state index in [9.17, 15) is 9.59 Å². The first kappa shape index (κ1) is 19.0. The minimum absolute atomic E-state index is 0.0629. The molecule has 9 heteroatoms. The Kier molecular flexibility index (Phi) is 5.20. The molecular weight excluding hydrogens is 372 g/mol. The lowest BCUT2D eigenvalue weighted by atomic mass is 10.1. The summed E-state index contributed by atoms with van der Waals surface area (Å²) in [4.78, 5) is 37.7. The molecule has 0 spiro atoms. The molecule has 152 valence electrons. The fourth-order valence-corrected chi connectivity index (χ4v) is 3.68. The average molecular weight is 396 g/mol. The number of benzene rings is 1. The van der Waals surface area contributed by atoms with Crippen LogP contribution in [0.4, 0.5) is 5.69 Å². The van der Waals surface area contributed by atoms with E-state index >= 15 is 0 Å². The summed E-state index contributed by atoms with van der Waals surface area (Å²) in [6.07, 6.45) is 2.10. The molecule has 0 radical (unpaired) electrons. The molecule has 0 aliphatic carbocycles. The third kappa shape index (κ3) is 3.80. The number of ether oxygens (including phenoxy) is 1. The number of aromatic nitrogens is 4. The minimum atomic E-state index is -0.192. The van der Waals surface area contributed by atoms with Gasteiger partial charge in [-0.05, 0) is 37.6 Å². The monoisotopic (exact) mass is 396 g/mol. The summed E-state index contributed by atoms with van der Waals surface area (Å²) in [5.41, 5.74) is 2.11. The maximum Gasteiger partial charge on any atom is 0.277 e. The largest absolute Gasteiger partial charge is 0.497 e. The summed E-state index contributed by atoms with van der Waals surface area (Å²) in [6.45, 7) is 4.67. The van der Waals surface area contributed by atoms with Crippen LogP contribution in [-0.2, 0) is 11.2 Å². The summed E-state index contributed by atoms with van der Waals surface area (Å²) in [6, 6.07) is 7.95. The van der Waals surface area contributed by atoms with Gasteiger partial charge >= 0.3 is 0 Å². The van der Waals surface area contributed by atoms with Crippen LogP contribution in [0.15, 0.2) is 35.4 Å². The van der Waals surface area contributed by atoms with E-state index in [1.807, 2.05) is 29.2 Å². The molecule has 3 heterocycles. The number of hydrogen-bond donors (Lipinski definition) is 1. The van der Waals surface area contributed by atoms with Crippen LogP contribution in [0.2, 0.25) is 0 Å². The third-order valence-electron chi connectivity index (χ3n) is 5.39. The van der Waals surface area contributed by atoms with Gasteiger partial charge in [0.05, 0.1) is 12.8 Å². The van der Waals surface area contributed by atoms with Crippen molar-refractivity contribution in [2.24, 2.45) is 0 Å². The van der Waals surface area contributed by atoms with Gasteiger partial charge in [0.1, 0.15) is 12.1 Å². The van der Waals surface area contributed by atoms with Crippen LogP contribution in [-0.4, -0.2) is 63.7 Å². The van der Waals surface area contributed by atoms with Gasteiger partial charge in [0.15, 0.2) is 0 Å². The lowest BCUT2D eigenvalue weighted by Crippen LogP contribution is -2.48. The van der Waals surface area contributed by atoms with E-state index in [1.165, 1.54) is 10.8 Å². The predicted octanol–water partition coefficient (Wildman–Crippen LogP) is 1.02. The highest BCUT2D eigenvalue weighted by atomic mass is 16.5. The number of aryl methyl sites for hydroxylation is 1. The van der Waals surface area contributed by atoms with E-state index in [-0.39, 0.29) is 11.5 Å². The maximum atomic E-state index is 12.7. The number of aromatic amines is 1. The van der Waals surface area contributed by atoms with Crippen LogP contribution in [0.3, 0.4) is 0 Å². The molecule has 0 atom stereocenters. The van der Waals surface area contributed by atoms with Gasteiger partial charge in [0.2, 0.25) is 5.91 Å². The molecule has 4 rings (SSSR count). The predicted molar refractivity (Wildman–Crippen MR) is 108 cm³/mol. The summed E-state index contributed by atoms with van der Waals surface area (Å²) in [7, 11) is 1.65. The van der Waals surface area contributed by atoms with Crippen molar-refractivity contribution < 1.29 is 9.53 Å². The van der Waals surface area contributed by atoms with E-state index in [2.05, 4.69) is 20.0 Å². The summed E-state index contributed by atoms with van der Waals surface area (Å²) in [5.74, 6) is 1.24. The smallest absolute Gasteiger partial charge is 0.277 e. The quantitative estimate of drug-likeness (QED) is 0.692. The van der Waals surface area contributed by atoms with Crippen LogP contribution in [0.5, 0.6) is 5.75 Å². The van der Waals surface area contributed by atoms with E-state index in [1.54, 1.807) is 14.0 Å². The Morgan fingerprint density at radius 2 is 1.90 bits per heavy atom. The Labute approximate surface area is 167 Å². The van der Waals surface area contributed by atoms with Crippen molar-refractivity contribution >= 4 is 17.4 Å². The van der Waals surface area contributed by atoms with Crippen molar-refractivity contribution in [3.63, 3.8) is 0 Å². The molecule has 0 unspecified atom stereocenters. The van der Waals surface area contributed by atoms with E-state index in [0.717, 1.165) is 24.5 Å². The van der Waals surface area contributed by atoms with Crippen molar-refractivity contribution in [3.8, 4) is 5.75 Å². The summed E-state index contributed by atoms with van der Waals surface area (Å²) in [5, 5.41) is 2.76. The fraction of sp³-hybridized carbons (Fsp3) is 0.400. The van der Waals surface area contributed by atoms with Gasteiger partial charge in [-0.15, -0.1) is 0 Å². The highest BCUT2D eigenvalue weighted by Gasteiger charge is 2.22. The average Bonchev–Trinajstić information content (AvgIpc) is 3.22. The zero-order valence-corrected chi connectivity index (χ0v) is 16.6. The molecule has 0 saturated carbocycles. The molecule has 29 heavy (non-hydrogen) atoms. The van der Waals surface area contributed by atoms with Crippen molar-refractivity contribution in [2.45, 2.75) is 19.8 Å². The lowest BCUT2D eigenvalue weighted by Gasteiger charge is -2.36. The molecule has 1 aromatic carbocycles. The number of nitrogens with zero attached hydrogens (tertiary/aromatic N) is 5. The number of hydrogen-bond acceptors (Lipinski definition) is 6. The Balaban J connectivity index is 1.35. The molecular formula is C20H24N6O3. The second-order valence-corrected chi connectivity index (χ2v) is 7.07. The zero-order valence-electron chi connectivity index (χ0n) is 16.6. The number of piperazine rings is 1. The molecule has 1 aliphatic heterocycles. The Bertz CT molecular complexity index is 1060. The van der Waals surface area contributed by atoms with Crippen molar-refractivity contribution in [1.29, 1.82) is 0 Å². The first-order valence-corrected chi connectivity index (χ1v) is 9.65. The van der Waals surface area contributed by atoms with Gasteiger partial charge in [-0.1, -0.05) is 0 Å². The summed E-state index contributed by atoms with van der Waals surface area (Å²) >= 11 is 0. The SMILES string of the molecule is COc1ccc(N2CCN(C(=O)CCc3c(C)nc4nc[nH]n4c3=O)CC2)cc1. The number of methoxy groups -OCH3 is 1. The Morgan fingerprint density at radius 3 is 2.59 bits per heavy atom. The van der Waals surface area contributed by atoms with Gasteiger partial charge in [-0.2, -0.15) is 4.52 Å². The van der Waals surface area contributed by atoms with E-state index in [4.69, 9.17) is 4.74 Å². The van der Waals surface area contributed by atoms with Gasteiger partial charge in [-0.25, -0.2) is 9.97 Å². The number of carbonyl (C=O) groups excluding carboxylic acids is 1. The Morgan fingerprint density at radius 1 is 1.17 bits per heavy atom. The lowest BCUT2D eigenvalue weighted by molar-refractivity contribution is -0.131. The minimum Gasteiger partial charge on any atom is -0.497 e. The topological polar surface area (TPSA) is 95.8 Å². The standard InChI is InChI=1S/C20H24N6O3/c1-14-17(19(28)26-20(23-14)21-13-22-26)7-8-18(27)25-11-9-24(10-12-25)15-3-5-16(29-2)6-4-15/h3-6,13H,7-12H2,1-2H3,(H,21,22,23). The maximum absolute atomic E-state index is 12.7. The third-order valence-corrected chi connectivity index (χ3v) is 5.39. The molecule has 0 bridgehead atoms. The molecule has 1 aliphatic rings. The zero-order chi connectivity index (χ0) is 20.4. The van der Waals surface area contributed by atoms with Crippen molar-refractivity contribution in [3.05, 3.63) is 52.2 Å². The van der Waals surface area contributed by atoms with Crippen LogP contribution < -0.4 is 15.2 Å². The number of H-pyrrole nitrogens is 1. The highest BCUT2D eigenvalue weighted by Crippen LogP contribution is 2.20. The molecule has 2 aromatic heterocycles. The van der Waals surface area contributed by atoms with Gasteiger partial charge < -0.3 is 14.5 Å². The normalized spacial score (nSPS) is 14.4. The van der Waals surface area contributed by atoms with Crippen LogP contribution in [0.1, 0.15) is 17.7 Å². The van der Waals surface area contributed by atoms with E-state index in [0.29, 0.717) is 43.0 Å².